The van der Waals surface area contributed by atoms with E-state index in [0.29, 0.717) is 58.1 Å². The van der Waals surface area contributed by atoms with Crippen LogP contribution in [0.15, 0.2) is 6.07 Å². The summed E-state index contributed by atoms with van der Waals surface area (Å²) in [6, 6.07) is -1.21. The Balaban J connectivity index is 1.13. The van der Waals surface area contributed by atoms with Gasteiger partial charge < -0.3 is 44.5 Å². The lowest BCUT2D eigenvalue weighted by molar-refractivity contribution is -0.160. The minimum Gasteiger partial charge on any atom is -0.504 e. The Morgan fingerprint density at radius 2 is 1.59 bits per heavy atom. The minimum absolute atomic E-state index is 0.0276. The third-order valence-corrected chi connectivity index (χ3v) is 14.2. The van der Waals surface area contributed by atoms with Crippen molar-refractivity contribution in [1.82, 2.24) is 15.5 Å². The van der Waals surface area contributed by atoms with Crippen LogP contribution in [0.1, 0.15) is 154 Å². The summed E-state index contributed by atoms with van der Waals surface area (Å²) in [6.45, 7) is 7.06. The predicted molar refractivity (Wildman–Crippen MR) is 224 cm³/mol. The maximum Gasteiger partial charge on any atom is 0.329 e. The fraction of sp³-hybridized carbons (Fsp3) is 0.667. The van der Waals surface area contributed by atoms with Gasteiger partial charge in [-0.1, -0.05) is 90.0 Å². The Kier molecular flexibility index (Phi) is 14.2. The van der Waals surface area contributed by atoms with Gasteiger partial charge in [0.15, 0.2) is 23.0 Å². The van der Waals surface area contributed by atoms with Gasteiger partial charge in [0, 0.05) is 47.4 Å². The van der Waals surface area contributed by atoms with Crippen LogP contribution in [0.3, 0.4) is 0 Å². The van der Waals surface area contributed by atoms with Gasteiger partial charge in [0.05, 0.1) is 30.5 Å². The quantitative estimate of drug-likeness (QED) is 0.0715. The number of unbranched alkanes of at least 4 members (excludes halogenated alkanes) is 12. The van der Waals surface area contributed by atoms with Gasteiger partial charge >= 0.3 is 11.9 Å². The average molecular weight is 838 g/mol. The van der Waals surface area contributed by atoms with Crippen molar-refractivity contribution >= 4 is 29.6 Å². The van der Waals surface area contributed by atoms with E-state index in [4.69, 9.17) is 23.7 Å². The summed E-state index contributed by atoms with van der Waals surface area (Å²) in [6.07, 6.45) is 15.4. The summed E-state index contributed by atoms with van der Waals surface area (Å²) in [4.78, 5) is 42.0. The van der Waals surface area contributed by atoms with Crippen molar-refractivity contribution in [2.45, 2.75) is 166 Å². The molecule has 13 nitrogen and oxygen atoms in total. The molecule has 2 fully saturated rings. The molecule has 0 spiro atoms. The summed E-state index contributed by atoms with van der Waals surface area (Å²) < 4.78 is 29.9. The molecule has 8 rings (SSSR count). The highest BCUT2D eigenvalue weighted by molar-refractivity contribution is 7.99. The fourth-order valence-corrected chi connectivity index (χ4v) is 11.6. The lowest BCUT2D eigenvalue weighted by Crippen LogP contribution is -2.69. The molecular weight excluding hydrogens is 775 g/mol. The normalized spacial score (nSPS) is 25.4. The van der Waals surface area contributed by atoms with E-state index in [-0.39, 0.29) is 30.8 Å². The van der Waals surface area contributed by atoms with Gasteiger partial charge in [0.25, 0.3) is 0 Å². The van der Waals surface area contributed by atoms with E-state index in [1.54, 1.807) is 0 Å². The number of thioether (sulfide) groups is 1. The molecule has 2 unspecified atom stereocenters. The molecule has 1 amide bonds. The van der Waals surface area contributed by atoms with E-state index >= 15 is 0 Å². The van der Waals surface area contributed by atoms with Gasteiger partial charge in [-0.3, -0.25) is 14.5 Å². The Morgan fingerprint density at radius 1 is 0.932 bits per heavy atom. The van der Waals surface area contributed by atoms with E-state index in [1.165, 1.54) is 90.0 Å². The van der Waals surface area contributed by atoms with Crippen LogP contribution in [0.5, 0.6) is 28.7 Å². The second-order valence-electron chi connectivity index (χ2n) is 16.9. The third kappa shape index (κ3) is 8.88. The number of hydrogen-bond acceptors (Lipinski definition) is 13. The van der Waals surface area contributed by atoms with Crippen LogP contribution < -0.4 is 29.6 Å². The molecule has 59 heavy (non-hydrogen) atoms. The number of aliphatic hydroxyl groups excluding tert-OH is 1. The van der Waals surface area contributed by atoms with Crippen molar-refractivity contribution in [1.29, 1.82) is 0 Å². The molecule has 324 valence electrons. The first-order valence-corrected chi connectivity index (χ1v) is 22.9. The number of rotatable bonds is 17. The highest BCUT2D eigenvalue weighted by Gasteiger charge is 2.58. The van der Waals surface area contributed by atoms with Crippen molar-refractivity contribution < 1.29 is 48.3 Å². The number of amides is 1. The number of carbonyl (C=O) groups is 3. The molecule has 2 aromatic carbocycles. The number of hydrogen-bond donors (Lipinski definition) is 4. The molecule has 6 heterocycles. The zero-order chi connectivity index (χ0) is 41.8. The number of phenols is 1. The molecular formula is C45H63N3O10S. The number of phenolic OH excluding ortho intramolecular Hbond substituents is 1. The van der Waals surface area contributed by atoms with Gasteiger partial charge in [-0.15, -0.1) is 11.8 Å². The molecule has 2 saturated heterocycles. The van der Waals surface area contributed by atoms with E-state index < -0.39 is 53.6 Å². The number of aromatic hydroxyl groups is 1. The van der Waals surface area contributed by atoms with Crippen molar-refractivity contribution in [2.24, 2.45) is 0 Å². The summed E-state index contributed by atoms with van der Waals surface area (Å²) in [5, 5.41) is 30.2. The molecule has 0 aromatic heterocycles. The Hall–Kier alpha value is -3.72. The van der Waals surface area contributed by atoms with Crippen molar-refractivity contribution in [3.63, 3.8) is 0 Å². The van der Waals surface area contributed by atoms with Crippen molar-refractivity contribution in [3.8, 4) is 28.7 Å². The number of methoxy groups -OCH3 is 1. The SMILES string of the molecule is CCCCCCCCCCCCCCCC(=O)NC1CS[C@@H]2c3c(OC(C)=O)c(C)c4c(c3[C@@H](COC1=O)N1C2[C@@H]2N[C@H](Cc3cc(C)c(OC)c(O)c32)[C@@H]1O)OCO4. The highest BCUT2D eigenvalue weighted by atomic mass is 32.2. The fourth-order valence-electron chi connectivity index (χ4n) is 10.1. The average Bonchev–Trinajstić information content (AvgIpc) is 3.70. The Morgan fingerprint density at radius 3 is 2.25 bits per heavy atom. The topological polar surface area (TPSA) is 165 Å². The number of benzene rings is 2. The maximum atomic E-state index is 13.9. The second-order valence-corrected chi connectivity index (χ2v) is 18.1. The molecule has 2 aromatic rings. The number of fused-ring (bicyclic) bond motifs is 10. The number of aliphatic hydroxyl groups is 1. The first kappa shape index (κ1) is 43.4. The Labute approximate surface area is 352 Å². The summed E-state index contributed by atoms with van der Waals surface area (Å²) >= 11 is 1.41. The second kappa shape index (κ2) is 19.3. The largest absolute Gasteiger partial charge is 0.504 e. The number of ether oxygens (including phenoxy) is 5. The number of esters is 2. The first-order valence-electron chi connectivity index (χ1n) is 21.9. The van der Waals surface area contributed by atoms with Crippen LogP contribution >= 0.6 is 11.8 Å². The van der Waals surface area contributed by atoms with Gasteiger partial charge in [-0.25, -0.2) is 4.79 Å². The molecule has 0 aliphatic carbocycles. The number of piperazine rings is 1. The number of nitrogens with zero attached hydrogens (tertiary/aromatic N) is 1. The van der Waals surface area contributed by atoms with E-state index in [2.05, 4.69) is 17.6 Å². The van der Waals surface area contributed by atoms with Crippen LogP contribution in [0.25, 0.3) is 0 Å². The zero-order valence-corrected chi connectivity index (χ0v) is 36.2. The predicted octanol–water partition coefficient (Wildman–Crippen LogP) is 7.28. The van der Waals surface area contributed by atoms with Crippen LogP contribution in [0.2, 0.25) is 0 Å². The standard InChI is InChI=1S/C45H63N3O10S/c1-6-7-8-9-10-11-12-13-14-15-16-17-18-19-32(50)46-30-23-59-43-35-34(42-41(56-24-57-42)26(3)40(35)58-27(4)49)31(22-55-45(30)53)48-37(43)36-33-28(21-29(47-36)44(48)52)20-25(2)39(54-5)38(33)51/h20,29-31,36-37,43-44,47,51-52H,6-19,21-24H2,1-5H3,(H,46,50)/t29-,30?,31-,36-,37?,43-,44+/m1/s1. The molecule has 4 bridgehead atoms. The molecule has 0 saturated carbocycles. The molecule has 7 atom stereocenters. The molecule has 4 N–H and O–H groups in total. The smallest absolute Gasteiger partial charge is 0.329 e. The van der Waals surface area contributed by atoms with Gasteiger partial charge in [-0.05, 0) is 37.8 Å². The van der Waals surface area contributed by atoms with Crippen molar-refractivity contribution in [2.75, 3.05) is 26.3 Å². The number of carbonyl (C=O) groups excluding carboxylic acids is 3. The molecule has 6 aliphatic rings. The minimum atomic E-state index is -1.04. The van der Waals surface area contributed by atoms with Gasteiger partial charge in [0.2, 0.25) is 12.7 Å². The van der Waals surface area contributed by atoms with Crippen LogP contribution in [0.4, 0.5) is 0 Å². The van der Waals surface area contributed by atoms with Gasteiger partial charge in [-0.2, -0.15) is 0 Å². The highest BCUT2D eigenvalue weighted by Crippen LogP contribution is 2.62. The van der Waals surface area contributed by atoms with Crippen LogP contribution in [0, 0.1) is 13.8 Å². The number of aryl methyl sites for hydroxylation is 1. The van der Waals surface area contributed by atoms with E-state index in [9.17, 15) is 24.6 Å². The molecule has 14 heteroatoms. The van der Waals surface area contributed by atoms with Gasteiger partial charge in [0.1, 0.15) is 24.6 Å². The molecule has 6 aliphatic heterocycles. The number of nitrogens with one attached hydrogen (secondary N) is 2. The summed E-state index contributed by atoms with van der Waals surface area (Å²) in [5.74, 6) is 0.475. The lowest BCUT2D eigenvalue weighted by Gasteiger charge is -2.59. The lowest BCUT2D eigenvalue weighted by atomic mass is 9.74. The first-order chi connectivity index (χ1) is 28.5. The van der Waals surface area contributed by atoms with Crippen LogP contribution in [-0.4, -0.2) is 83.6 Å². The van der Waals surface area contributed by atoms with E-state index in [0.717, 1.165) is 30.4 Å². The van der Waals surface area contributed by atoms with Crippen LogP contribution in [-0.2, 0) is 25.5 Å². The zero-order valence-electron chi connectivity index (χ0n) is 35.4. The monoisotopic (exact) mass is 837 g/mol. The Bertz CT molecular complexity index is 1870. The summed E-state index contributed by atoms with van der Waals surface area (Å²) in [5.41, 5.74) is 4.24. The van der Waals surface area contributed by atoms with E-state index in [1.807, 2.05) is 24.8 Å². The maximum absolute atomic E-state index is 13.9. The summed E-state index contributed by atoms with van der Waals surface area (Å²) in [7, 11) is 1.53. The molecule has 0 radical (unpaired) electrons. The third-order valence-electron chi connectivity index (χ3n) is 12.8. The van der Waals surface area contributed by atoms with Crippen molar-refractivity contribution in [3.05, 3.63) is 39.4 Å².